The summed E-state index contributed by atoms with van der Waals surface area (Å²) in [5.74, 6) is -0.436. The largest absolute Gasteiger partial charge is 0.323 e. The molecule has 2 aromatic rings. The van der Waals surface area contributed by atoms with Crippen LogP contribution in [-0.2, 0) is 16.1 Å². The summed E-state index contributed by atoms with van der Waals surface area (Å²) >= 11 is 0. The maximum absolute atomic E-state index is 14.3. The summed E-state index contributed by atoms with van der Waals surface area (Å²) in [6.45, 7) is 1.94. The van der Waals surface area contributed by atoms with Crippen molar-refractivity contribution < 1.29 is 18.8 Å². The summed E-state index contributed by atoms with van der Waals surface area (Å²) in [6, 6.07) is 7.42. The van der Waals surface area contributed by atoms with Gasteiger partial charge in [0.15, 0.2) is 0 Å². The molecule has 1 atom stereocenters. The molecule has 1 aromatic heterocycles. The van der Waals surface area contributed by atoms with Gasteiger partial charge in [0.25, 0.3) is 0 Å². The fraction of sp³-hybridized carbons (Fsp3) is 0.381. The van der Waals surface area contributed by atoms with Crippen molar-refractivity contribution in [3.63, 3.8) is 0 Å². The topological polar surface area (TPSA) is 95.6 Å². The third-order valence-electron chi connectivity index (χ3n) is 5.00. The molecule has 8 nitrogen and oxygen atoms in total. The second kappa shape index (κ2) is 10.1. The molecule has 0 bridgehead atoms. The van der Waals surface area contributed by atoms with Crippen LogP contribution in [0.1, 0.15) is 18.4 Å². The van der Waals surface area contributed by atoms with Crippen LogP contribution >= 0.6 is 0 Å². The number of nitrogens with one attached hydrogen (secondary N) is 3. The Morgan fingerprint density at radius 2 is 2.20 bits per heavy atom. The molecule has 0 saturated carbocycles. The number of pyridine rings is 1. The molecule has 160 valence electrons. The molecule has 30 heavy (non-hydrogen) atoms. The van der Waals surface area contributed by atoms with Gasteiger partial charge in [0, 0.05) is 30.9 Å². The second-order valence-corrected chi connectivity index (χ2v) is 7.55. The average molecular weight is 415 g/mol. The number of benzene rings is 1. The Kier molecular flexibility index (Phi) is 7.31. The highest BCUT2D eigenvalue weighted by atomic mass is 19.1. The van der Waals surface area contributed by atoms with Crippen molar-refractivity contribution in [3.8, 4) is 0 Å². The number of hydrogen-bond donors (Lipinski definition) is 3. The number of nitrogens with zero attached hydrogens (tertiary/aromatic N) is 2. The van der Waals surface area contributed by atoms with Gasteiger partial charge < -0.3 is 16.0 Å². The minimum Gasteiger partial charge on any atom is -0.316 e. The van der Waals surface area contributed by atoms with Crippen LogP contribution in [0.2, 0.25) is 0 Å². The van der Waals surface area contributed by atoms with Gasteiger partial charge in [0.05, 0.1) is 18.5 Å². The minimum atomic E-state index is -0.482. The van der Waals surface area contributed by atoms with Crippen molar-refractivity contribution in [3.05, 3.63) is 54.1 Å². The summed E-state index contributed by atoms with van der Waals surface area (Å²) < 4.78 is 14.3. The number of carbonyl (C=O) groups is 2. The van der Waals surface area contributed by atoms with Crippen LogP contribution in [0.25, 0.3) is 0 Å². The van der Waals surface area contributed by atoms with E-state index in [1.54, 1.807) is 31.4 Å². The van der Waals surface area contributed by atoms with Gasteiger partial charge in [-0.15, -0.1) is 0 Å². The van der Waals surface area contributed by atoms with E-state index in [0.29, 0.717) is 37.4 Å². The van der Waals surface area contributed by atoms with Crippen molar-refractivity contribution in [2.45, 2.75) is 19.3 Å². The lowest BCUT2D eigenvalue weighted by molar-refractivity contribution is -0.177. The molecule has 2 heterocycles. The fourth-order valence-corrected chi connectivity index (χ4v) is 3.61. The first-order valence-electron chi connectivity index (χ1n) is 9.77. The molecule has 1 aromatic carbocycles. The summed E-state index contributed by atoms with van der Waals surface area (Å²) in [5.41, 5.74) is 1.36. The molecule has 1 saturated heterocycles. The highest BCUT2D eigenvalue weighted by Gasteiger charge is 2.33. The van der Waals surface area contributed by atoms with Gasteiger partial charge in [-0.3, -0.25) is 14.6 Å². The smallest absolute Gasteiger partial charge is 0.316 e. The monoisotopic (exact) mass is 415 g/mol. The summed E-state index contributed by atoms with van der Waals surface area (Å²) in [5, 5.41) is 9.81. The second-order valence-electron chi connectivity index (χ2n) is 7.55. The standard InChI is InChI=1S/C21H26FN5O3/c1-27(15-28)30-14-21(5-3-7-24-13-21)11-16-8-17(22)10-19(9-16)26-20(29)25-18-4-2-6-23-12-18/h2,4,6,8-10,12,15,24H,3,5,7,11,13-14H2,1H3,(H2,25,26,29)/t21-/m1/s1. The molecule has 1 aliphatic heterocycles. The zero-order chi connectivity index (χ0) is 21.4. The molecule has 3 amide bonds. The van der Waals surface area contributed by atoms with E-state index in [1.807, 2.05) is 0 Å². The zero-order valence-electron chi connectivity index (χ0n) is 16.9. The molecule has 0 spiro atoms. The quantitative estimate of drug-likeness (QED) is 0.455. The number of hydroxylamine groups is 2. The van der Waals surface area contributed by atoms with Crippen molar-refractivity contribution in [2.75, 3.05) is 37.4 Å². The van der Waals surface area contributed by atoms with E-state index in [9.17, 15) is 14.0 Å². The third-order valence-corrected chi connectivity index (χ3v) is 5.00. The van der Waals surface area contributed by atoms with E-state index < -0.39 is 11.8 Å². The van der Waals surface area contributed by atoms with Crippen LogP contribution in [0.15, 0.2) is 42.7 Å². The number of rotatable bonds is 8. The van der Waals surface area contributed by atoms with E-state index >= 15 is 0 Å². The number of piperidine rings is 1. The molecule has 3 rings (SSSR count). The van der Waals surface area contributed by atoms with Crippen molar-refractivity contribution in [1.29, 1.82) is 0 Å². The van der Waals surface area contributed by atoms with Crippen LogP contribution in [0.5, 0.6) is 0 Å². The van der Waals surface area contributed by atoms with Crippen LogP contribution in [-0.4, -0.2) is 49.2 Å². The maximum atomic E-state index is 14.3. The Morgan fingerprint density at radius 1 is 1.37 bits per heavy atom. The molecule has 0 radical (unpaired) electrons. The van der Waals surface area contributed by atoms with E-state index in [2.05, 4.69) is 20.9 Å². The first-order valence-corrected chi connectivity index (χ1v) is 9.77. The minimum absolute atomic E-state index is 0.279. The van der Waals surface area contributed by atoms with E-state index in [4.69, 9.17) is 4.84 Å². The molecule has 9 heteroatoms. The molecule has 0 unspecified atom stereocenters. The molecule has 3 N–H and O–H groups in total. The highest BCUT2D eigenvalue weighted by molar-refractivity contribution is 5.99. The van der Waals surface area contributed by atoms with Gasteiger partial charge in [-0.1, -0.05) is 0 Å². The number of amides is 3. The van der Waals surface area contributed by atoms with Crippen LogP contribution in [0.4, 0.5) is 20.6 Å². The number of carbonyl (C=O) groups excluding carboxylic acids is 2. The number of anilines is 2. The fourth-order valence-electron chi connectivity index (χ4n) is 3.61. The normalized spacial score (nSPS) is 18.5. The van der Waals surface area contributed by atoms with Crippen molar-refractivity contribution in [1.82, 2.24) is 15.4 Å². The first kappa shape index (κ1) is 21.7. The summed E-state index contributed by atoms with van der Waals surface area (Å²) in [7, 11) is 1.54. The lowest BCUT2D eigenvalue weighted by atomic mass is 9.76. The molecule has 1 aliphatic rings. The molecule has 1 fully saturated rings. The van der Waals surface area contributed by atoms with Gasteiger partial charge in [0.2, 0.25) is 6.41 Å². The predicted molar refractivity (Wildman–Crippen MR) is 111 cm³/mol. The Hall–Kier alpha value is -3.04. The average Bonchev–Trinajstić information content (AvgIpc) is 2.73. The molecular formula is C21H26FN5O3. The van der Waals surface area contributed by atoms with Crippen molar-refractivity contribution in [2.24, 2.45) is 5.41 Å². The van der Waals surface area contributed by atoms with Crippen LogP contribution in [0.3, 0.4) is 0 Å². The maximum Gasteiger partial charge on any atom is 0.323 e. The van der Waals surface area contributed by atoms with E-state index in [-0.39, 0.29) is 5.41 Å². The summed E-state index contributed by atoms with van der Waals surface area (Å²) in [6.07, 6.45) is 6.12. The van der Waals surface area contributed by atoms with Gasteiger partial charge in [0.1, 0.15) is 5.82 Å². The SMILES string of the molecule is CN(C=O)OC[C@@]1(Cc2cc(F)cc(NC(=O)Nc3cccnc3)c2)CCCNC1. The molecular weight excluding hydrogens is 389 g/mol. The van der Waals surface area contributed by atoms with Crippen LogP contribution in [0, 0.1) is 11.2 Å². The predicted octanol–water partition coefficient (Wildman–Crippen LogP) is 2.80. The Balaban J connectivity index is 1.71. The van der Waals surface area contributed by atoms with Crippen molar-refractivity contribution >= 4 is 23.8 Å². The van der Waals surface area contributed by atoms with Gasteiger partial charge >= 0.3 is 6.03 Å². The van der Waals surface area contributed by atoms with Gasteiger partial charge in [-0.2, -0.15) is 0 Å². The van der Waals surface area contributed by atoms with E-state index in [0.717, 1.165) is 30.0 Å². The van der Waals surface area contributed by atoms with Crippen LogP contribution < -0.4 is 16.0 Å². The number of aromatic nitrogens is 1. The Morgan fingerprint density at radius 3 is 2.90 bits per heavy atom. The number of urea groups is 1. The summed E-state index contributed by atoms with van der Waals surface area (Å²) in [4.78, 5) is 32.6. The first-order chi connectivity index (χ1) is 14.5. The van der Waals surface area contributed by atoms with Gasteiger partial charge in [-0.05, 0) is 61.7 Å². The lowest BCUT2D eigenvalue weighted by Gasteiger charge is -2.38. The Bertz CT molecular complexity index is 859. The lowest BCUT2D eigenvalue weighted by Crippen LogP contribution is -2.45. The zero-order valence-corrected chi connectivity index (χ0v) is 16.9. The van der Waals surface area contributed by atoms with Gasteiger partial charge in [-0.25, -0.2) is 14.2 Å². The third kappa shape index (κ3) is 6.23. The highest BCUT2D eigenvalue weighted by Crippen LogP contribution is 2.32. The number of halogens is 1. The van der Waals surface area contributed by atoms with E-state index in [1.165, 1.54) is 18.3 Å². The molecule has 0 aliphatic carbocycles. The Labute approximate surface area is 174 Å². The number of hydrogen-bond acceptors (Lipinski definition) is 5.